The first kappa shape index (κ1) is 25.3. The van der Waals surface area contributed by atoms with E-state index in [9.17, 15) is 24.6 Å². The van der Waals surface area contributed by atoms with Crippen molar-refractivity contribution in [3.05, 3.63) is 62.6 Å². The lowest BCUT2D eigenvalue weighted by molar-refractivity contribution is -0.152. The highest BCUT2D eigenvalue weighted by Crippen LogP contribution is 2.53. The molecule has 7 nitrogen and oxygen atoms in total. The summed E-state index contributed by atoms with van der Waals surface area (Å²) in [5, 5.41) is 24.0. The number of amides is 2. The molecule has 190 valence electrons. The van der Waals surface area contributed by atoms with Crippen molar-refractivity contribution in [2.24, 2.45) is 11.8 Å². The van der Waals surface area contributed by atoms with Crippen LogP contribution < -0.4 is 5.32 Å². The van der Waals surface area contributed by atoms with Crippen molar-refractivity contribution in [2.75, 3.05) is 0 Å². The minimum Gasteiger partial charge on any atom is -0.508 e. The number of benzene rings is 2. The smallest absolute Gasteiger partial charge is 0.325 e. The first-order chi connectivity index (χ1) is 17.1. The van der Waals surface area contributed by atoms with Crippen molar-refractivity contribution >= 4 is 52.6 Å². The quantitative estimate of drug-likeness (QED) is 0.357. The average molecular weight is 552 g/mol. The van der Waals surface area contributed by atoms with Gasteiger partial charge in [-0.3, -0.25) is 24.6 Å². The van der Waals surface area contributed by atoms with Crippen LogP contribution in [0.25, 0.3) is 0 Å². The summed E-state index contributed by atoms with van der Waals surface area (Å²) in [6.07, 6.45) is 4.19. The summed E-state index contributed by atoms with van der Waals surface area (Å²) in [5.74, 6) is -4.22. The van der Waals surface area contributed by atoms with Crippen molar-refractivity contribution < 1.29 is 24.6 Å². The number of hydrogen-bond acceptors (Lipinski definition) is 5. The molecule has 1 saturated carbocycles. The Kier molecular flexibility index (Phi) is 6.70. The van der Waals surface area contributed by atoms with Gasteiger partial charge in [0.1, 0.15) is 11.3 Å². The van der Waals surface area contributed by atoms with Gasteiger partial charge in [0.25, 0.3) is 0 Å². The van der Waals surface area contributed by atoms with Gasteiger partial charge in [-0.15, -0.1) is 0 Å². The second-order valence-electron chi connectivity index (χ2n) is 9.87. The van der Waals surface area contributed by atoms with E-state index in [-0.39, 0.29) is 33.3 Å². The maximum absolute atomic E-state index is 13.9. The number of fused-ring (bicyclic) bond motifs is 1. The molecule has 3 aliphatic rings. The van der Waals surface area contributed by atoms with Gasteiger partial charge < -0.3 is 10.2 Å². The highest BCUT2D eigenvalue weighted by atomic mass is 35.5. The number of hydrogen-bond donors (Lipinski definition) is 3. The van der Waals surface area contributed by atoms with E-state index < -0.39 is 41.2 Å². The number of carbonyl (C=O) groups is 3. The summed E-state index contributed by atoms with van der Waals surface area (Å²) in [6.45, 7) is 0. The number of nitrogens with one attached hydrogen (secondary N) is 1. The van der Waals surface area contributed by atoms with Gasteiger partial charge in [-0.2, -0.15) is 0 Å². The largest absolute Gasteiger partial charge is 0.508 e. The molecule has 4 unspecified atom stereocenters. The van der Waals surface area contributed by atoms with Crippen molar-refractivity contribution in [1.82, 2.24) is 10.2 Å². The Hall–Kier alpha value is -2.32. The topological polar surface area (TPSA) is 107 Å². The van der Waals surface area contributed by atoms with Crippen molar-refractivity contribution in [3.8, 4) is 5.75 Å². The highest BCUT2D eigenvalue weighted by molar-refractivity contribution is 6.43. The number of rotatable bonds is 5. The van der Waals surface area contributed by atoms with E-state index in [1.54, 1.807) is 18.2 Å². The lowest BCUT2D eigenvalue weighted by Crippen LogP contribution is -2.58. The molecule has 4 atom stereocenters. The summed E-state index contributed by atoms with van der Waals surface area (Å²) < 4.78 is 0. The normalized spacial score (nSPS) is 28.5. The number of nitrogens with zero attached hydrogens (tertiary/aromatic N) is 1. The number of imide groups is 1. The van der Waals surface area contributed by atoms with Crippen LogP contribution in [0.5, 0.6) is 5.75 Å². The van der Waals surface area contributed by atoms with Crippen LogP contribution in [-0.4, -0.2) is 44.5 Å². The Labute approximate surface area is 223 Å². The Morgan fingerprint density at radius 1 is 1.03 bits per heavy atom. The van der Waals surface area contributed by atoms with E-state index >= 15 is 0 Å². The van der Waals surface area contributed by atoms with Gasteiger partial charge in [-0.05, 0) is 48.2 Å². The maximum Gasteiger partial charge on any atom is 0.325 e. The van der Waals surface area contributed by atoms with Gasteiger partial charge in [0, 0.05) is 23.5 Å². The second kappa shape index (κ2) is 9.53. The molecule has 2 heterocycles. The monoisotopic (exact) mass is 550 g/mol. The number of likely N-dealkylation sites (tertiary alicyclic amines) is 1. The molecule has 0 bridgehead atoms. The molecule has 2 aliphatic heterocycles. The van der Waals surface area contributed by atoms with Crippen LogP contribution in [0.15, 0.2) is 36.4 Å². The minimum atomic E-state index is -1.79. The Morgan fingerprint density at radius 2 is 1.69 bits per heavy atom. The van der Waals surface area contributed by atoms with E-state index in [2.05, 4.69) is 5.32 Å². The van der Waals surface area contributed by atoms with Gasteiger partial charge in [0.05, 0.1) is 21.9 Å². The van der Waals surface area contributed by atoms with Crippen LogP contribution in [0.3, 0.4) is 0 Å². The van der Waals surface area contributed by atoms with Crippen LogP contribution in [0.4, 0.5) is 0 Å². The van der Waals surface area contributed by atoms with E-state index in [0.717, 1.165) is 19.3 Å². The number of carboxylic acids is 1. The molecule has 1 aliphatic carbocycles. The summed E-state index contributed by atoms with van der Waals surface area (Å²) in [4.78, 5) is 42.1. The zero-order valence-corrected chi connectivity index (χ0v) is 21.5. The summed E-state index contributed by atoms with van der Waals surface area (Å²) >= 11 is 19.1. The first-order valence-corrected chi connectivity index (χ1v) is 13.1. The molecule has 2 saturated heterocycles. The minimum absolute atomic E-state index is 0.0363. The van der Waals surface area contributed by atoms with Gasteiger partial charge in [0.15, 0.2) is 0 Å². The van der Waals surface area contributed by atoms with Crippen LogP contribution in [0, 0.1) is 11.8 Å². The van der Waals surface area contributed by atoms with E-state index in [4.69, 9.17) is 34.8 Å². The molecule has 0 aromatic heterocycles. The fourth-order valence-electron chi connectivity index (χ4n) is 6.16. The highest BCUT2D eigenvalue weighted by Gasteiger charge is 2.69. The zero-order chi connectivity index (χ0) is 25.8. The predicted molar refractivity (Wildman–Crippen MR) is 135 cm³/mol. The van der Waals surface area contributed by atoms with Crippen LogP contribution in [0.2, 0.25) is 15.1 Å². The Bertz CT molecular complexity index is 1230. The molecule has 2 aromatic carbocycles. The number of aliphatic carboxylic acids is 1. The standard InChI is InChI=1S/C26H25Cl3N2O5/c27-14-10-17(21(29)18(28)11-14)22-19-20(24(34)31(23(19)33)15-4-2-1-3-5-15)26(30-22,25(35)36)12-13-6-8-16(32)9-7-13/h6-11,15,19-20,22,30,32H,1-5,12H2,(H,35,36). The zero-order valence-electron chi connectivity index (χ0n) is 19.2. The fraction of sp³-hybridized carbons (Fsp3) is 0.423. The van der Waals surface area contributed by atoms with Gasteiger partial charge in [-0.1, -0.05) is 66.2 Å². The molecule has 10 heteroatoms. The summed E-state index contributed by atoms with van der Waals surface area (Å²) in [5.41, 5.74) is -0.820. The van der Waals surface area contributed by atoms with Crippen molar-refractivity contribution in [3.63, 3.8) is 0 Å². The van der Waals surface area contributed by atoms with E-state index in [1.807, 2.05) is 0 Å². The van der Waals surface area contributed by atoms with E-state index in [1.165, 1.54) is 23.1 Å². The summed E-state index contributed by atoms with van der Waals surface area (Å²) in [7, 11) is 0. The van der Waals surface area contributed by atoms with E-state index in [0.29, 0.717) is 24.0 Å². The Morgan fingerprint density at radius 3 is 2.33 bits per heavy atom. The number of halogens is 3. The second-order valence-corrected chi connectivity index (χ2v) is 11.1. The molecule has 5 rings (SSSR count). The average Bonchev–Trinajstić information content (AvgIpc) is 3.32. The fourth-order valence-corrected chi connectivity index (χ4v) is 6.90. The molecule has 2 amide bonds. The van der Waals surface area contributed by atoms with Crippen LogP contribution in [-0.2, 0) is 20.8 Å². The third-order valence-corrected chi connectivity index (χ3v) is 8.82. The van der Waals surface area contributed by atoms with Gasteiger partial charge >= 0.3 is 5.97 Å². The molecule has 3 fully saturated rings. The molecule has 36 heavy (non-hydrogen) atoms. The molecule has 3 N–H and O–H groups in total. The maximum atomic E-state index is 13.9. The lowest BCUT2D eigenvalue weighted by atomic mass is 9.76. The van der Waals surface area contributed by atoms with Gasteiger partial charge in [-0.25, -0.2) is 0 Å². The Balaban J connectivity index is 1.65. The summed E-state index contributed by atoms with van der Waals surface area (Å²) in [6, 6.07) is 8.01. The third kappa shape index (κ3) is 4.06. The third-order valence-electron chi connectivity index (χ3n) is 7.79. The molecule has 2 aromatic rings. The lowest BCUT2D eigenvalue weighted by Gasteiger charge is -2.34. The molecule has 0 radical (unpaired) electrons. The number of carbonyl (C=O) groups excluding carboxylic acids is 2. The predicted octanol–water partition coefficient (Wildman–Crippen LogP) is 5.00. The SMILES string of the molecule is O=C1C2C(c3cc(Cl)cc(Cl)c3Cl)NC(Cc3ccc(O)cc3)(C(=O)O)C2C(=O)N1C1CCCCC1. The van der Waals surface area contributed by atoms with Crippen molar-refractivity contribution in [2.45, 2.75) is 56.1 Å². The molecule has 0 spiro atoms. The number of carboxylic acid groups (broad SMARTS) is 1. The van der Waals surface area contributed by atoms with Crippen LogP contribution in [0.1, 0.15) is 49.3 Å². The first-order valence-electron chi connectivity index (χ1n) is 11.9. The molecular formula is C26H25Cl3N2O5. The van der Waals surface area contributed by atoms with Gasteiger partial charge in [0.2, 0.25) is 11.8 Å². The molecular weight excluding hydrogens is 527 g/mol. The number of phenolic OH excluding ortho intramolecular Hbond substituents is 1. The van der Waals surface area contributed by atoms with Crippen LogP contribution >= 0.6 is 34.8 Å². The number of phenols is 1. The van der Waals surface area contributed by atoms with Crippen molar-refractivity contribution in [1.29, 1.82) is 0 Å². The number of aromatic hydroxyl groups is 1.